The number of hydrogen-bond donors (Lipinski definition) is 1. The second-order valence-electron chi connectivity index (χ2n) is 7.37. The fraction of sp³-hybridized carbons (Fsp3) is 0.0741. The SMILES string of the molecule is CNC(=O)/C(C#N)=C\c1cn(-c2ccccc2)nc1-c1cccc(OCc2ccccc2F)c1. The first kappa shape index (κ1) is 22.5. The van der Waals surface area contributed by atoms with Crippen LogP contribution in [0, 0.1) is 17.1 Å². The van der Waals surface area contributed by atoms with Gasteiger partial charge in [0.1, 0.15) is 35.5 Å². The third-order valence-electron chi connectivity index (χ3n) is 5.11. The Bertz CT molecular complexity index is 1390. The fourth-order valence-corrected chi connectivity index (χ4v) is 3.38. The molecule has 168 valence electrons. The molecule has 0 aliphatic heterocycles. The van der Waals surface area contributed by atoms with Gasteiger partial charge in [0.2, 0.25) is 0 Å². The van der Waals surface area contributed by atoms with E-state index < -0.39 is 5.91 Å². The number of carbonyl (C=O) groups is 1. The van der Waals surface area contributed by atoms with Gasteiger partial charge in [0, 0.05) is 29.9 Å². The molecule has 0 atom stereocenters. The second kappa shape index (κ2) is 10.3. The van der Waals surface area contributed by atoms with E-state index in [-0.39, 0.29) is 18.0 Å². The molecule has 0 unspecified atom stereocenters. The van der Waals surface area contributed by atoms with Crippen LogP contribution >= 0.6 is 0 Å². The lowest BCUT2D eigenvalue weighted by atomic mass is 10.1. The zero-order chi connectivity index (χ0) is 23.9. The van der Waals surface area contributed by atoms with E-state index in [0.717, 1.165) is 11.3 Å². The number of aromatic nitrogens is 2. The zero-order valence-electron chi connectivity index (χ0n) is 18.4. The number of ether oxygens (including phenoxy) is 1. The molecule has 0 aliphatic carbocycles. The van der Waals surface area contributed by atoms with E-state index in [4.69, 9.17) is 9.84 Å². The molecule has 34 heavy (non-hydrogen) atoms. The van der Waals surface area contributed by atoms with E-state index in [9.17, 15) is 14.4 Å². The van der Waals surface area contributed by atoms with E-state index in [2.05, 4.69) is 5.32 Å². The van der Waals surface area contributed by atoms with Crippen LogP contribution in [0.3, 0.4) is 0 Å². The van der Waals surface area contributed by atoms with Crippen molar-refractivity contribution in [2.24, 2.45) is 0 Å². The van der Waals surface area contributed by atoms with Crippen LogP contribution in [0.1, 0.15) is 11.1 Å². The van der Waals surface area contributed by atoms with Gasteiger partial charge in [-0.2, -0.15) is 10.4 Å². The average molecular weight is 452 g/mol. The van der Waals surface area contributed by atoms with Gasteiger partial charge in [0.15, 0.2) is 0 Å². The molecule has 0 radical (unpaired) electrons. The molecule has 1 amide bonds. The first-order valence-electron chi connectivity index (χ1n) is 10.5. The molecule has 1 N–H and O–H groups in total. The van der Waals surface area contributed by atoms with Gasteiger partial charge in [-0.1, -0.05) is 48.5 Å². The largest absolute Gasteiger partial charge is 0.489 e. The van der Waals surface area contributed by atoms with E-state index in [1.54, 1.807) is 41.2 Å². The molecular formula is C27H21FN4O2. The second-order valence-corrected chi connectivity index (χ2v) is 7.37. The van der Waals surface area contributed by atoms with Crippen LogP contribution < -0.4 is 10.1 Å². The molecule has 1 aromatic heterocycles. The lowest BCUT2D eigenvalue weighted by molar-refractivity contribution is -0.116. The van der Waals surface area contributed by atoms with E-state index in [1.807, 2.05) is 48.5 Å². The Balaban J connectivity index is 1.73. The van der Waals surface area contributed by atoms with Crippen molar-refractivity contribution in [1.82, 2.24) is 15.1 Å². The summed E-state index contributed by atoms with van der Waals surface area (Å²) in [5.74, 6) is -0.273. The third kappa shape index (κ3) is 5.03. The predicted molar refractivity (Wildman–Crippen MR) is 127 cm³/mol. The molecule has 4 aromatic rings. The fourth-order valence-electron chi connectivity index (χ4n) is 3.38. The Labute approximate surface area is 196 Å². The van der Waals surface area contributed by atoms with Crippen molar-refractivity contribution in [1.29, 1.82) is 5.26 Å². The third-order valence-corrected chi connectivity index (χ3v) is 5.11. The van der Waals surface area contributed by atoms with Crippen molar-refractivity contribution < 1.29 is 13.9 Å². The van der Waals surface area contributed by atoms with Crippen molar-refractivity contribution >= 4 is 12.0 Å². The monoisotopic (exact) mass is 452 g/mol. The summed E-state index contributed by atoms with van der Waals surface area (Å²) in [6.07, 6.45) is 3.27. The van der Waals surface area contributed by atoms with Gasteiger partial charge in [0.25, 0.3) is 5.91 Å². The molecule has 7 heteroatoms. The van der Waals surface area contributed by atoms with Crippen LogP contribution in [0.4, 0.5) is 4.39 Å². The summed E-state index contributed by atoms with van der Waals surface area (Å²) < 4.78 is 21.4. The summed E-state index contributed by atoms with van der Waals surface area (Å²) in [5, 5.41) is 16.6. The number of hydrogen-bond acceptors (Lipinski definition) is 4. The number of halogens is 1. The molecule has 0 saturated carbocycles. The molecule has 0 saturated heterocycles. The lowest BCUT2D eigenvalue weighted by Crippen LogP contribution is -2.19. The van der Waals surface area contributed by atoms with Gasteiger partial charge < -0.3 is 10.1 Å². The molecule has 0 bridgehead atoms. The van der Waals surface area contributed by atoms with E-state index >= 15 is 0 Å². The Morgan fingerprint density at radius 1 is 1.12 bits per heavy atom. The molecule has 4 rings (SSSR count). The number of benzene rings is 3. The van der Waals surface area contributed by atoms with Crippen LogP contribution in [0.5, 0.6) is 5.75 Å². The highest BCUT2D eigenvalue weighted by molar-refractivity contribution is 6.02. The predicted octanol–water partition coefficient (Wildman–Crippen LogP) is 4.91. The number of rotatable bonds is 7. The zero-order valence-corrected chi connectivity index (χ0v) is 18.4. The molecule has 3 aromatic carbocycles. The van der Waals surface area contributed by atoms with Gasteiger partial charge in [-0.25, -0.2) is 9.07 Å². The first-order chi connectivity index (χ1) is 16.6. The number of likely N-dealkylation sites (N-methyl/N-ethyl adjacent to an activating group) is 1. The normalized spacial score (nSPS) is 11.0. The maximum atomic E-state index is 13.9. The molecule has 1 heterocycles. The Hall–Kier alpha value is -4.70. The lowest BCUT2D eigenvalue weighted by Gasteiger charge is -2.09. The Kier molecular flexibility index (Phi) is 6.80. The maximum absolute atomic E-state index is 13.9. The topological polar surface area (TPSA) is 79.9 Å². The Morgan fingerprint density at radius 2 is 1.88 bits per heavy atom. The van der Waals surface area contributed by atoms with Crippen molar-refractivity contribution in [2.45, 2.75) is 6.61 Å². The first-order valence-corrected chi connectivity index (χ1v) is 10.5. The van der Waals surface area contributed by atoms with Gasteiger partial charge in [-0.3, -0.25) is 4.79 Å². The van der Waals surface area contributed by atoms with E-state index in [0.29, 0.717) is 22.6 Å². The van der Waals surface area contributed by atoms with Gasteiger partial charge in [0.05, 0.1) is 5.69 Å². The van der Waals surface area contributed by atoms with Crippen molar-refractivity contribution in [3.05, 3.63) is 108 Å². The molecule has 0 aliphatic rings. The molecule has 6 nitrogen and oxygen atoms in total. The highest BCUT2D eigenvalue weighted by Gasteiger charge is 2.15. The van der Waals surface area contributed by atoms with Crippen LogP contribution in [-0.2, 0) is 11.4 Å². The summed E-state index contributed by atoms with van der Waals surface area (Å²) in [6, 6.07) is 25.1. The van der Waals surface area contributed by atoms with Crippen LogP contribution in [0.15, 0.2) is 90.6 Å². The molecule has 0 fully saturated rings. The van der Waals surface area contributed by atoms with E-state index in [1.165, 1.54) is 19.2 Å². The summed E-state index contributed by atoms with van der Waals surface area (Å²) in [4.78, 5) is 12.1. The van der Waals surface area contributed by atoms with Crippen LogP contribution in [-0.4, -0.2) is 22.7 Å². The van der Waals surface area contributed by atoms with Crippen molar-refractivity contribution in [3.63, 3.8) is 0 Å². The number of carbonyl (C=O) groups excluding carboxylic acids is 1. The Morgan fingerprint density at radius 3 is 2.62 bits per heavy atom. The number of nitrogens with one attached hydrogen (secondary N) is 1. The molecule has 0 spiro atoms. The average Bonchev–Trinajstić information content (AvgIpc) is 3.31. The summed E-state index contributed by atoms with van der Waals surface area (Å²) in [6.45, 7) is 0.0800. The summed E-state index contributed by atoms with van der Waals surface area (Å²) in [7, 11) is 1.47. The quantitative estimate of drug-likeness (QED) is 0.319. The van der Waals surface area contributed by atoms with Gasteiger partial charge in [-0.15, -0.1) is 0 Å². The number of para-hydroxylation sites is 1. The summed E-state index contributed by atoms with van der Waals surface area (Å²) in [5.41, 5.74) is 3.12. The van der Waals surface area contributed by atoms with Gasteiger partial charge in [-0.05, 0) is 36.4 Å². The number of amides is 1. The smallest absolute Gasteiger partial charge is 0.261 e. The highest BCUT2D eigenvalue weighted by atomic mass is 19.1. The standard InChI is InChI=1S/C27H21FN4O2/c1-30-27(33)21(16-29)14-22-17-32(23-10-3-2-4-11-23)31-26(22)19-9-7-12-24(15-19)34-18-20-8-5-6-13-25(20)28/h2-15,17H,18H2,1H3,(H,30,33)/b21-14-. The minimum absolute atomic E-state index is 0.0386. The summed E-state index contributed by atoms with van der Waals surface area (Å²) >= 11 is 0. The molecular weight excluding hydrogens is 431 g/mol. The van der Waals surface area contributed by atoms with Crippen molar-refractivity contribution in [2.75, 3.05) is 7.05 Å². The van der Waals surface area contributed by atoms with Crippen LogP contribution in [0.25, 0.3) is 23.0 Å². The number of nitriles is 1. The highest BCUT2D eigenvalue weighted by Crippen LogP contribution is 2.29. The minimum Gasteiger partial charge on any atom is -0.489 e. The minimum atomic E-state index is -0.483. The van der Waals surface area contributed by atoms with Crippen molar-refractivity contribution in [3.8, 4) is 28.8 Å². The van der Waals surface area contributed by atoms with Gasteiger partial charge >= 0.3 is 0 Å². The maximum Gasteiger partial charge on any atom is 0.261 e. The number of nitrogens with zero attached hydrogens (tertiary/aromatic N) is 3. The van der Waals surface area contributed by atoms with Crippen LogP contribution in [0.2, 0.25) is 0 Å².